The predicted molar refractivity (Wildman–Crippen MR) is 113 cm³/mol. The lowest BCUT2D eigenvalue weighted by Gasteiger charge is -2.04. The molecule has 4 nitrogen and oxygen atoms in total. The lowest BCUT2D eigenvalue weighted by Crippen LogP contribution is -2.18. The molecule has 0 spiro atoms. The fraction of sp³-hybridized carbons (Fsp3) is 0. The first-order valence-electron chi connectivity index (χ1n) is 8.47. The van der Waals surface area contributed by atoms with Gasteiger partial charge in [-0.3, -0.25) is 4.79 Å². The summed E-state index contributed by atoms with van der Waals surface area (Å²) in [6.07, 6.45) is 1.62. The average Bonchev–Trinajstić information content (AvgIpc) is 3.08. The number of H-pyrrole nitrogens is 1. The third-order valence-electron chi connectivity index (χ3n) is 4.23. The van der Waals surface area contributed by atoms with Crippen molar-refractivity contribution < 1.29 is 4.79 Å². The number of hydrogen-bond acceptors (Lipinski definition) is 2. The maximum Gasteiger partial charge on any atom is 0.288 e. The summed E-state index contributed by atoms with van der Waals surface area (Å²) < 4.78 is 0.959. The van der Waals surface area contributed by atoms with Gasteiger partial charge in [0.1, 0.15) is 5.69 Å². The number of carbonyl (C=O) groups excluding carboxylic acids is 1. The summed E-state index contributed by atoms with van der Waals surface area (Å²) in [6.45, 7) is 0. The van der Waals surface area contributed by atoms with E-state index in [-0.39, 0.29) is 5.91 Å². The van der Waals surface area contributed by atoms with Gasteiger partial charge in [0.25, 0.3) is 5.91 Å². The fourth-order valence-electron chi connectivity index (χ4n) is 3.00. The van der Waals surface area contributed by atoms with Crippen LogP contribution in [0.3, 0.4) is 0 Å². The van der Waals surface area contributed by atoms with Crippen LogP contribution in [0.25, 0.3) is 22.0 Å². The zero-order chi connectivity index (χ0) is 18.6. The molecule has 1 aromatic heterocycles. The zero-order valence-corrected chi connectivity index (χ0v) is 15.9. The highest BCUT2D eigenvalue weighted by molar-refractivity contribution is 9.10. The summed E-state index contributed by atoms with van der Waals surface area (Å²) in [4.78, 5) is 16.0. The van der Waals surface area contributed by atoms with Gasteiger partial charge in [0.2, 0.25) is 0 Å². The Hall–Kier alpha value is -3.18. The van der Waals surface area contributed by atoms with E-state index >= 15 is 0 Å². The van der Waals surface area contributed by atoms with E-state index in [1.165, 1.54) is 0 Å². The molecule has 0 bridgehead atoms. The molecule has 0 aliphatic carbocycles. The van der Waals surface area contributed by atoms with Crippen molar-refractivity contribution in [3.05, 3.63) is 94.6 Å². The molecule has 0 fully saturated rings. The van der Waals surface area contributed by atoms with Gasteiger partial charge in [0.05, 0.1) is 6.21 Å². The molecule has 1 amide bonds. The number of amides is 1. The summed E-state index contributed by atoms with van der Waals surface area (Å²) in [5.41, 5.74) is 6.75. The topological polar surface area (TPSA) is 57.2 Å². The minimum atomic E-state index is -0.284. The van der Waals surface area contributed by atoms with Gasteiger partial charge >= 0.3 is 0 Å². The van der Waals surface area contributed by atoms with Gasteiger partial charge in [-0.2, -0.15) is 5.10 Å². The summed E-state index contributed by atoms with van der Waals surface area (Å²) in [6, 6.07) is 25.4. The lowest BCUT2D eigenvalue weighted by atomic mass is 10.0. The van der Waals surface area contributed by atoms with E-state index in [4.69, 9.17) is 0 Å². The Morgan fingerprint density at radius 2 is 1.67 bits per heavy atom. The minimum Gasteiger partial charge on any atom is -0.350 e. The normalized spacial score (nSPS) is 11.1. The van der Waals surface area contributed by atoms with Gasteiger partial charge in [0, 0.05) is 20.9 Å². The van der Waals surface area contributed by atoms with Gasteiger partial charge in [-0.25, -0.2) is 5.43 Å². The van der Waals surface area contributed by atoms with Crippen molar-refractivity contribution in [3.63, 3.8) is 0 Å². The number of nitrogens with one attached hydrogen (secondary N) is 2. The first kappa shape index (κ1) is 17.2. The highest BCUT2D eigenvalue weighted by Gasteiger charge is 2.19. The summed E-state index contributed by atoms with van der Waals surface area (Å²) in [7, 11) is 0. The van der Waals surface area contributed by atoms with Gasteiger partial charge in [-0.1, -0.05) is 76.6 Å². The smallest absolute Gasteiger partial charge is 0.288 e. The van der Waals surface area contributed by atoms with Crippen LogP contribution in [-0.2, 0) is 0 Å². The van der Waals surface area contributed by atoms with E-state index in [1.54, 1.807) is 6.21 Å². The molecule has 4 aromatic rings. The van der Waals surface area contributed by atoms with Crippen LogP contribution in [0.5, 0.6) is 0 Å². The molecule has 27 heavy (non-hydrogen) atoms. The first-order chi connectivity index (χ1) is 13.2. The monoisotopic (exact) mass is 417 g/mol. The molecule has 132 valence electrons. The van der Waals surface area contributed by atoms with E-state index in [1.807, 2.05) is 78.9 Å². The number of nitrogens with zero attached hydrogens (tertiary/aromatic N) is 1. The fourth-order valence-corrected chi connectivity index (χ4v) is 3.36. The third-order valence-corrected chi connectivity index (χ3v) is 4.72. The highest BCUT2D eigenvalue weighted by atomic mass is 79.9. The van der Waals surface area contributed by atoms with Crippen LogP contribution in [0.15, 0.2) is 88.4 Å². The van der Waals surface area contributed by atoms with Crippen LogP contribution >= 0.6 is 15.9 Å². The van der Waals surface area contributed by atoms with Crippen molar-refractivity contribution in [3.8, 4) is 11.1 Å². The molecule has 0 atom stereocenters. The van der Waals surface area contributed by atoms with Crippen molar-refractivity contribution in [1.82, 2.24) is 10.4 Å². The van der Waals surface area contributed by atoms with E-state index in [0.29, 0.717) is 5.69 Å². The molecule has 0 unspecified atom stereocenters. The van der Waals surface area contributed by atoms with Crippen molar-refractivity contribution in [2.24, 2.45) is 5.10 Å². The maximum absolute atomic E-state index is 12.8. The van der Waals surface area contributed by atoms with Crippen molar-refractivity contribution in [1.29, 1.82) is 0 Å². The molecule has 0 saturated carbocycles. The Bertz CT molecular complexity index is 1120. The molecule has 1 heterocycles. The Kier molecular flexibility index (Phi) is 4.85. The second-order valence-corrected chi connectivity index (χ2v) is 6.96. The standard InChI is InChI=1S/C22H16BrN3O/c23-17-11-12-19-18(13-17)20(16-9-5-2-6-10-16)21(25-19)22(27)26-24-14-15-7-3-1-4-8-15/h1-14,25H,(H,26,27)/b24-14-. The third kappa shape index (κ3) is 3.68. The van der Waals surface area contributed by atoms with E-state index < -0.39 is 0 Å². The van der Waals surface area contributed by atoms with Gasteiger partial charge in [-0.15, -0.1) is 0 Å². The average molecular weight is 418 g/mol. The van der Waals surface area contributed by atoms with Crippen molar-refractivity contribution in [2.75, 3.05) is 0 Å². The van der Waals surface area contributed by atoms with Crippen molar-refractivity contribution in [2.45, 2.75) is 0 Å². The number of fused-ring (bicyclic) bond motifs is 1. The number of halogens is 1. The SMILES string of the molecule is O=C(N/N=C\c1ccccc1)c1[nH]c2ccc(Br)cc2c1-c1ccccc1. The Morgan fingerprint density at radius 3 is 2.41 bits per heavy atom. The largest absolute Gasteiger partial charge is 0.350 e. The quantitative estimate of drug-likeness (QED) is 0.340. The Labute approximate surface area is 165 Å². The lowest BCUT2D eigenvalue weighted by molar-refractivity contribution is 0.0951. The van der Waals surface area contributed by atoms with Crippen LogP contribution in [0.4, 0.5) is 0 Å². The number of hydrogen-bond donors (Lipinski definition) is 2. The summed E-state index contributed by atoms with van der Waals surface area (Å²) in [5, 5.41) is 5.07. The predicted octanol–water partition coefficient (Wildman–Crippen LogP) is 5.36. The second kappa shape index (κ2) is 7.60. The summed E-state index contributed by atoms with van der Waals surface area (Å²) >= 11 is 3.52. The van der Waals surface area contributed by atoms with E-state index in [2.05, 4.69) is 31.4 Å². The second-order valence-electron chi connectivity index (χ2n) is 6.04. The molecule has 4 rings (SSSR count). The minimum absolute atomic E-state index is 0.284. The van der Waals surface area contributed by atoms with E-state index in [0.717, 1.165) is 32.1 Å². The molecule has 0 aliphatic heterocycles. The van der Waals surface area contributed by atoms with Crippen LogP contribution in [-0.4, -0.2) is 17.1 Å². The van der Waals surface area contributed by atoms with Crippen molar-refractivity contribution >= 4 is 39.0 Å². The van der Waals surface area contributed by atoms with Crippen LogP contribution in [0.2, 0.25) is 0 Å². The number of carbonyl (C=O) groups is 1. The molecular weight excluding hydrogens is 402 g/mol. The van der Waals surface area contributed by atoms with Crippen LogP contribution < -0.4 is 5.43 Å². The molecule has 5 heteroatoms. The zero-order valence-electron chi connectivity index (χ0n) is 14.3. The number of rotatable bonds is 4. The number of hydrazone groups is 1. The van der Waals surface area contributed by atoms with E-state index in [9.17, 15) is 4.79 Å². The Balaban J connectivity index is 1.72. The van der Waals surface area contributed by atoms with Gasteiger partial charge < -0.3 is 4.98 Å². The molecule has 3 aromatic carbocycles. The van der Waals surface area contributed by atoms with Crippen LogP contribution in [0.1, 0.15) is 16.1 Å². The molecular formula is C22H16BrN3O. The highest BCUT2D eigenvalue weighted by Crippen LogP contribution is 2.34. The van der Waals surface area contributed by atoms with Crippen LogP contribution in [0, 0.1) is 0 Å². The molecule has 0 aliphatic rings. The Morgan fingerprint density at radius 1 is 0.963 bits per heavy atom. The molecule has 0 saturated heterocycles. The summed E-state index contributed by atoms with van der Waals surface area (Å²) in [5.74, 6) is -0.284. The number of aromatic nitrogens is 1. The van der Waals surface area contributed by atoms with Gasteiger partial charge in [0.15, 0.2) is 0 Å². The first-order valence-corrected chi connectivity index (χ1v) is 9.27. The number of benzene rings is 3. The number of aromatic amines is 1. The molecule has 2 N–H and O–H groups in total. The maximum atomic E-state index is 12.8. The van der Waals surface area contributed by atoms with Gasteiger partial charge in [-0.05, 0) is 29.3 Å². The molecule has 0 radical (unpaired) electrons.